The van der Waals surface area contributed by atoms with Crippen molar-refractivity contribution in [3.05, 3.63) is 53.6 Å². The number of rotatable bonds is 9. The molecule has 27 heavy (non-hydrogen) atoms. The summed E-state index contributed by atoms with van der Waals surface area (Å²) in [4.78, 5) is 23.7. The minimum Gasteiger partial charge on any atom is -0.497 e. The Labute approximate surface area is 159 Å². The van der Waals surface area contributed by atoms with Gasteiger partial charge in [-0.1, -0.05) is 12.1 Å². The van der Waals surface area contributed by atoms with E-state index in [9.17, 15) is 9.59 Å². The molecule has 0 aliphatic carbocycles. The van der Waals surface area contributed by atoms with Crippen LogP contribution in [-0.4, -0.2) is 32.2 Å². The van der Waals surface area contributed by atoms with Crippen LogP contribution in [0, 0.1) is 13.8 Å². The molecule has 2 aromatic rings. The summed E-state index contributed by atoms with van der Waals surface area (Å²) in [6.07, 6.45) is 0.691. The standard InChI is InChI=1S/C21H25NO5/c1-15-6-4-7-19(16(15)2)22-20(23)14-27-21(24)8-5-13-26-18-11-9-17(25-3)10-12-18/h4,6-7,9-12H,5,8,13-14H2,1-3H3,(H,22,23). The number of ether oxygens (including phenoxy) is 3. The molecular formula is C21H25NO5. The molecule has 1 N–H and O–H groups in total. The smallest absolute Gasteiger partial charge is 0.306 e. The number of aryl methyl sites for hydroxylation is 1. The molecule has 0 heterocycles. The predicted octanol–water partition coefficient (Wildman–Crippen LogP) is 3.65. The van der Waals surface area contributed by atoms with Crippen LogP contribution in [0.2, 0.25) is 0 Å². The summed E-state index contributed by atoms with van der Waals surface area (Å²) in [5.74, 6) is 0.679. The van der Waals surface area contributed by atoms with Gasteiger partial charge in [0, 0.05) is 12.1 Å². The highest BCUT2D eigenvalue weighted by Crippen LogP contribution is 2.18. The molecule has 1 amide bonds. The molecule has 0 radical (unpaired) electrons. The van der Waals surface area contributed by atoms with Gasteiger partial charge in [0.2, 0.25) is 0 Å². The number of esters is 1. The Bertz CT molecular complexity index is 771. The highest BCUT2D eigenvalue weighted by Gasteiger charge is 2.10. The molecular weight excluding hydrogens is 346 g/mol. The molecule has 0 aliphatic heterocycles. The molecule has 2 aromatic carbocycles. The Morgan fingerprint density at radius 2 is 1.70 bits per heavy atom. The van der Waals surface area contributed by atoms with E-state index in [0.29, 0.717) is 18.8 Å². The number of anilines is 1. The Kier molecular flexibility index (Phi) is 7.67. The van der Waals surface area contributed by atoms with Crippen molar-refractivity contribution in [1.29, 1.82) is 0 Å². The van der Waals surface area contributed by atoms with Gasteiger partial charge >= 0.3 is 5.97 Å². The largest absolute Gasteiger partial charge is 0.497 e. The van der Waals surface area contributed by atoms with Gasteiger partial charge in [0.15, 0.2) is 6.61 Å². The molecule has 0 saturated carbocycles. The lowest BCUT2D eigenvalue weighted by molar-refractivity contribution is -0.147. The van der Waals surface area contributed by atoms with Crippen molar-refractivity contribution < 1.29 is 23.8 Å². The number of carbonyl (C=O) groups excluding carboxylic acids is 2. The number of hydrogen-bond acceptors (Lipinski definition) is 5. The van der Waals surface area contributed by atoms with Gasteiger partial charge in [0.05, 0.1) is 13.7 Å². The lowest BCUT2D eigenvalue weighted by Crippen LogP contribution is -2.21. The number of carbonyl (C=O) groups is 2. The van der Waals surface area contributed by atoms with E-state index in [1.807, 2.05) is 32.0 Å². The van der Waals surface area contributed by atoms with Gasteiger partial charge in [-0.05, 0) is 61.7 Å². The zero-order chi connectivity index (χ0) is 19.6. The van der Waals surface area contributed by atoms with Gasteiger partial charge in [0.1, 0.15) is 11.5 Å². The van der Waals surface area contributed by atoms with E-state index in [-0.39, 0.29) is 18.9 Å². The predicted molar refractivity (Wildman–Crippen MR) is 103 cm³/mol. The summed E-state index contributed by atoms with van der Waals surface area (Å²) in [7, 11) is 1.60. The molecule has 144 valence electrons. The maximum atomic E-state index is 11.9. The normalized spacial score (nSPS) is 10.2. The summed E-state index contributed by atoms with van der Waals surface area (Å²) in [5.41, 5.74) is 2.80. The lowest BCUT2D eigenvalue weighted by atomic mass is 10.1. The fourth-order valence-electron chi connectivity index (χ4n) is 2.37. The quantitative estimate of drug-likeness (QED) is 0.538. The minimum atomic E-state index is -0.426. The maximum Gasteiger partial charge on any atom is 0.306 e. The van der Waals surface area contributed by atoms with Crippen LogP contribution in [0.4, 0.5) is 5.69 Å². The van der Waals surface area contributed by atoms with Crippen molar-refractivity contribution in [3.8, 4) is 11.5 Å². The van der Waals surface area contributed by atoms with E-state index < -0.39 is 5.97 Å². The molecule has 0 bridgehead atoms. The molecule has 0 aromatic heterocycles. The Morgan fingerprint density at radius 3 is 2.41 bits per heavy atom. The van der Waals surface area contributed by atoms with Crippen molar-refractivity contribution in [1.82, 2.24) is 0 Å². The fourth-order valence-corrected chi connectivity index (χ4v) is 2.37. The van der Waals surface area contributed by atoms with Gasteiger partial charge in [-0.25, -0.2) is 0 Å². The first-order valence-corrected chi connectivity index (χ1v) is 8.78. The average molecular weight is 371 g/mol. The second-order valence-corrected chi connectivity index (χ2v) is 6.08. The Balaban J connectivity index is 1.63. The van der Waals surface area contributed by atoms with E-state index >= 15 is 0 Å². The summed E-state index contributed by atoms with van der Waals surface area (Å²) in [6.45, 7) is 3.99. The van der Waals surface area contributed by atoms with Crippen LogP contribution in [0.15, 0.2) is 42.5 Å². The van der Waals surface area contributed by atoms with Crippen LogP contribution in [0.3, 0.4) is 0 Å². The highest BCUT2D eigenvalue weighted by molar-refractivity contribution is 5.93. The maximum absolute atomic E-state index is 11.9. The summed E-state index contributed by atoms with van der Waals surface area (Å²) >= 11 is 0. The first-order valence-electron chi connectivity index (χ1n) is 8.78. The second kappa shape index (κ2) is 10.2. The third-order valence-electron chi connectivity index (χ3n) is 4.10. The van der Waals surface area contributed by atoms with Crippen molar-refractivity contribution in [2.24, 2.45) is 0 Å². The Morgan fingerprint density at radius 1 is 1.00 bits per heavy atom. The van der Waals surface area contributed by atoms with Crippen LogP contribution in [0.1, 0.15) is 24.0 Å². The minimum absolute atomic E-state index is 0.187. The number of amides is 1. The molecule has 0 atom stereocenters. The molecule has 6 heteroatoms. The number of nitrogens with one attached hydrogen (secondary N) is 1. The number of benzene rings is 2. The van der Waals surface area contributed by atoms with Crippen LogP contribution >= 0.6 is 0 Å². The monoisotopic (exact) mass is 371 g/mol. The van der Waals surface area contributed by atoms with Crippen LogP contribution < -0.4 is 14.8 Å². The Hall–Kier alpha value is -3.02. The van der Waals surface area contributed by atoms with Crippen molar-refractivity contribution in [3.63, 3.8) is 0 Å². The van der Waals surface area contributed by atoms with E-state index in [1.165, 1.54) is 0 Å². The molecule has 0 saturated heterocycles. The second-order valence-electron chi connectivity index (χ2n) is 6.08. The first-order chi connectivity index (χ1) is 13.0. The van der Waals surface area contributed by atoms with Gasteiger partial charge in [-0.3, -0.25) is 9.59 Å². The van der Waals surface area contributed by atoms with E-state index in [2.05, 4.69) is 5.32 Å². The third-order valence-corrected chi connectivity index (χ3v) is 4.10. The summed E-state index contributed by atoms with van der Waals surface area (Å²) in [6, 6.07) is 12.9. The first kappa shape index (κ1) is 20.3. The van der Waals surface area contributed by atoms with Crippen LogP contribution in [0.25, 0.3) is 0 Å². The van der Waals surface area contributed by atoms with E-state index in [4.69, 9.17) is 14.2 Å². The number of methoxy groups -OCH3 is 1. The van der Waals surface area contributed by atoms with Gasteiger partial charge in [0.25, 0.3) is 5.91 Å². The fraction of sp³-hybridized carbons (Fsp3) is 0.333. The average Bonchev–Trinajstić information content (AvgIpc) is 2.67. The zero-order valence-electron chi connectivity index (χ0n) is 15.9. The van der Waals surface area contributed by atoms with Crippen molar-refractivity contribution >= 4 is 17.6 Å². The molecule has 6 nitrogen and oxygen atoms in total. The van der Waals surface area contributed by atoms with Crippen molar-refractivity contribution in [2.75, 3.05) is 25.6 Å². The van der Waals surface area contributed by atoms with Crippen LogP contribution in [0.5, 0.6) is 11.5 Å². The van der Waals surface area contributed by atoms with E-state index in [1.54, 1.807) is 31.4 Å². The molecule has 0 spiro atoms. The summed E-state index contributed by atoms with van der Waals surface area (Å²) in [5, 5.41) is 2.75. The SMILES string of the molecule is COc1ccc(OCCCC(=O)OCC(=O)Nc2cccc(C)c2C)cc1. The third kappa shape index (κ3) is 6.66. The van der Waals surface area contributed by atoms with Gasteiger partial charge < -0.3 is 19.5 Å². The molecule has 0 aliphatic rings. The van der Waals surface area contributed by atoms with Crippen molar-refractivity contribution in [2.45, 2.75) is 26.7 Å². The molecule has 0 unspecified atom stereocenters. The molecule has 0 fully saturated rings. The number of hydrogen-bond donors (Lipinski definition) is 1. The van der Waals surface area contributed by atoms with Gasteiger partial charge in [-0.2, -0.15) is 0 Å². The highest BCUT2D eigenvalue weighted by atomic mass is 16.5. The molecule has 2 rings (SSSR count). The van der Waals surface area contributed by atoms with E-state index in [0.717, 1.165) is 22.6 Å². The van der Waals surface area contributed by atoms with Gasteiger partial charge in [-0.15, -0.1) is 0 Å². The zero-order valence-corrected chi connectivity index (χ0v) is 15.9. The lowest BCUT2D eigenvalue weighted by Gasteiger charge is -2.11. The topological polar surface area (TPSA) is 73.9 Å². The summed E-state index contributed by atoms with van der Waals surface area (Å²) < 4.78 is 15.6. The van der Waals surface area contributed by atoms with Crippen LogP contribution in [-0.2, 0) is 14.3 Å².